The number of fused-ring (bicyclic) bond motifs is 1. The minimum atomic E-state index is -0.523. The van der Waals surface area contributed by atoms with E-state index in [1.54, 1.807) is 33.1 Å². The van der Waals surface area contributed by atoms with Crippen LogP contribution in [0, 0.1) is 12.7 Å². The van der Waals surface area contributed by atoms with Gasteiger partial charge in [0.05, 0.1) is 30.5 Å². The van der Waals surface area contributed by atoms with E-state index in [0.717, 1.165) is 10.9 Å². The lowest BCUT2D eigenvalue weighted by Gasteiger charge is -2.11. The number of carbonyl (C=O) groups is 1. The molecule has 0 radical (unpaired) electrons. The van der Waals surface area contributed by atoms with Crippen molar-refractivity contribution in [3.05, 3.63) is 59.5 Å². The van der Waals surface area contributed by atoms with Crippen molar-refractivity contribution in [1.29, 1.82) is 0 Å². The van der Waals surface area contributed by atoms with Gasteiger partial charge < -0.3 is 14.8 Å². The third-order valence-corrected chi connectivity index (χ3v) is 3.95. The molecule has 26 heavy (non-hydrogen) atoms. The second kappa shape index (κ2) is 7.39. The molecule has 0 unspecified atom stereocenters. The molecule has 0 aliphatic carbocycles. The first-order valence-corrected chi connectivity index (χ1v) is 8.21. The van der Waals surface area contributed by atoms with Gasteiger partial charge >= 0.3 is 0 Å². The van der Waals surface area contributed by atoms with Crippen LogP contribution in [0.2, 0.25) is 0 Å². The summed E-state index contributed by atoms with van der Waals surface area (Å²) in [5.74, 6) is -0.0177. The zero-order valence-corrected chi connectivity index (χ0v) is 14.8. The standard InChI is InChI=1S/C20H19FN2O3/c1-4-26-19-8-6-14(10-17(19)21)23-20(24)16-9-13-5-7-15(25-3)11-18(13)22-12(16)2/h5-11H,4H2,1-3H3,(H,23,24). The summed E-state index contributed by atoms with van der Waals surface area (Å²) in [6, 6.07) is 11.5. The molecule has 0 aliphatic heterocycles. The molecule has 0 fully saturated rings. The summed E-state index contributed by atoms with van der Waals surface area (Å²) in [5, 5.41) is 3.52. The Balaban J connectivity index is 1.87. The van der Waals surface area contributed by atoms with Crippen LogP contribution in [0.1, 0.15) is 23.0 Å². The number of benzene rings is 2. The maximum Gasteiger partial charge on any atom is 0.257 e. The van der Waals surface area contributed by atoms with E-state index in [9.17, 15) is 9.18 Å². The normalized spacial score (nSPS) is 10.6. The number of ether oxygens (including phenoxy) is 2. The molecule has 0 bridgehead atoms. The van der Waals surface area contributed by atoms with Gasteiger partial charge in [-0.2, -0.15) is 0 Å². The molecule has 0 atom stereocenters. The van der Waals surface area contributed by atoms with Crippen LogP contribution >= 0.6 is 0 Å². The van der Waals surface area contributed by atoms with Gasteiger partial charge in [0.15, 0.2) is 11.6 Å². The third-order valence-electron chi connectivity index (χ3n) is 3.95. The molecule has 0 spiro atoms. The molecule has 6 heteroatoms. The molecule has 1 heterocycles. The van der Waals surface area contributed by atoms with E-state index in [1.807, 2.05) is 18.2 Å². The zero-order valence-electron chi connectivity index (χ0n) is 14.8. The van der Waals surface area contributed by atoms with Crippen molar-refractivity contribution in [2.24, 2.45) is 0 Å². The van der Waals surface area contributed by atoms with E-state index in [4.69, 9.17) is 9.47 Å². The number of aromatic nitrogens is 1. The lowest BCUT2D eigenvalue weighted by atomic mass is 10.1. The minimum Gasteiger partial charge on any atom is -0.497 e. The number of nitrogens with one attached hydrogen (secondary N) is 1. The molecule has 3 rings (SSSR count). The number of hydrogen-bond donors (Lipinski definition) is 1. The number of halogens is 1. The van der Waals surface area contributed by atoms with Gasteiger partial charge in [0.25, 0.3) is 5.91 Å². The SMILES string of the molecule is CCOc1ccc(NC(=O)c2cc3ccc(OC)cc3nc2C)cc1F. The average molecular weight is 354 g/mol. The van der Waals surface area contributed by atoms with Crippen molar-refractivity contribution in [2.75, 3.05) is 19.0 Å². The zero-order chi connectivity index (χ0) is 18.7. The van der Waals surface area contributed by atoms with E-state index in [2.05, 4.69) is 10.3 Å². The Hall–Kier alpha value is -3.15. The third kappa shape index (κ3) is 3.59. The van der Waals surface area contributed by atoms with Gasteiger partial charge in [-0.3, -0.25) is 9.78 Å². The van der Waals surface area contributed by atoms with Gasteiger partial charge in [-0.15, -0.1) is 0 Å². The average Bonchev–Trinajstić information content (AvgIpc) is 2.63. The molecule has 1 aromatic heterocycles. The lowest BCUT2D eigenvalue weighted by Crippen LogP contribution is -2.14. The lowest BCUT2D eigenvalue weighted by molar-refractivity contribution is 0.102. The van der Waals surface area contributed by atoms with E-state index < -0.39 is 5.82 Å². The quantitative estimate of drug-likeness (QED) is 0.740. The van der Waals surface area contributed by atoms with Crippen molar-refractivity contribution in [3.8, 4) is 11.5 Å². The van der Waals surface area contributed by atoms with E-state index in [0.29, 0.717) is 29.3 Å². The Morgan fingerprint density at radius 3 is 2.69 bits per heavy atom. The Kier molecular flexibility index (Phi) is 5.02. The fraction of sp³-hybridized carbons (Fsp3) is 0.200. The number of rotatable bonds is 5. The molecule has 0 saturated heterocycles. The van der Waals surface area contributed by atoms with E-state index in [1.165, 1.54) is 12.1 Å². The highest BCUT2D eigenvalue weighted by atomic mass is 19.1. The summed E-state index contributed by atoms with van der Waals surface area (Å²) < 4.78 is 24.3. The second-order valence-corrected chi connectivity index (χ2v) is 5.71. The maximum absolute atomic E-state index is 13.9. The highest BCUT2D eigenvalue weighted by Gasteiger charge is 2.14. The first kappa shape index (κ1) is 17.7. The summed E-state index contributed by atoms with van der Waals surface area (Å²) in [6.45, 7) is 3.90. The molecule has 0 saturated carbocycles. The van der Waals surface area contributed by atoms with Crippen molar-refractivity contribution in [1.82, 2.24) is 4.98 Å². The van der Waals surface area contributed by atoms with E-state index >= 15 is 0 Å². The number of amides is 1. The van der Waals surface area contributed by atoms with Crippen LogP contribution in [0.25, 0.3) is 10.9 Å². The minimum absolute atomic E-state index is 0.156. The summed E-state index contributed by atoms with van der Waals surface area (Å²) in [4.78, 5) is 17.1. The summed E-state index contributed by atoms with van der Waals surface area (Å²) in [5.41, 5.74) is 2.10. The maximum atomic E-state index is 13.9. The van der Waals surface area contributed by atoms with Gasteiger partial charge in [-0.1, -0.05) is 0 Å². The molecule has 1 amide bonds. The van der Waals surface area contributed by atoms with Gasteiger partial charge in [0.1, 0.15) is 5.75 Å². The molecule has 2 aromatic carbocycles. The molecule has 5 nitrogen and oxygen atoms in total. The van der Waals surface area contributed by atoms with Gasteiger partial charge in [0.2, 0.25) is 0 Å². The predicted molar refractivity (Wildman–Crippen MR) is 98.6 cm³/mol. The highest BCUT2D eigenvalue weighted by Crippen LogP contribution is 2.24. The van der Waals surface area contributed by atoms with Crippen LogP contribution in [0.3, 0.4) is 0 Å². The fourth-order valence-electron chi connectivity index (χ4n) is 2.65. The summed E-state index contributed by atoms with van der Waals surface area (Å²) >= 11 is 0. The summed E-state index contributed by atoms with van der Waals surface area (Å²) in [7, 11) is 1.59. The predicted octanol–water partition coefficient (Wildman–Crippen LogP) is 4.34. The van der Waals surface area contributed by atoms with Gasteiger partial charge in [-0.05, 0) is 44.2 Å². The number of nitrogens with zero attached hydrogens (tertiary/aromatic N) is 1. The van der Waals surface area contributed by atoms with Crippen LogP contribution in [-0.2, 0) is 0 Å². The number of pyridine rings is 1. The Morgan fingerprint density at radius 2 is 2.00 bits per heavy atom. The second-order valence-electron chi connectivity index (χ2n) is 5.71. The number of aryl methyl sites for hydroxylation is 1. The monoisotopic (exact) mass is 354 g/mol. The molecular formula is C20H19FN2O3. The van der Waals surface area contributed by atoms with Crippen molar-refractivity contribution in [2.45, 2.75) is 13.8 Å². The number of anilines is 1. The largest absolute Gasteiger partial charge is 0.497 e. The van der Waals surface area contributed by atoms with Crippen molar-refractivity contribution in [3.63, 3.8) is 0 Å². The highest BCUT2D eigenvalue weighted by molar-refractivity contribution is 6.06. The van der Waals surface area contributed by atoms with E-state index in [-0.39, 0.29) is 11.7 Å². The number of methoxy groups -OCH3 is 1. The van der Waals surface area contributed by atoms with Crippen LogP contribution in [0.4, 0.5) is 10.1 Å². The van der Waals surface area contributed by atoms with Gasteiger partial charge in [0, 0.05) is 23.2 Å². The summed E-state index contributed by atoms with van der Waals surface area (Å²) in [6.07, 6.45) is 0. The van der Waals surface area contributed by atoms with Crippen LogP contribution < -0.4 is 14.8 Å². The van der Waals surface area contributed by atoms with Gasteiger partial charge in [-0.25, -0.2) is 4.39 Å². The Bertz CT molecular complexity index is 973. The van der Waals surface area contributed by atoms with Crippen molar-refractivity contribution < 1.29 is 18.7 Å². The fourth-order valence-corrected chi connectivity index (χ4v) is 2.65. The first-order valence-electron chi connectivity index (χ1n) is 8.21. The number of carbonyl (C=O) groups excluding carboxylic acids is 1. The smallest absolute Gasteiger partial charge is 0.257 e. The molecule has 0 aliphatic rings. The molecule has 1 N–H and O–H groups in total. The first-order chi connectivity index (χ1) is 12.5. The Labute approximate surface area is 150 Å². The number of hydrogen-bond acceptors (Lipinski definition) is 4. The van der Waals surface area contributed by atoms with Crippen LogP contribution in [-0.4, -0.2) is 24.6 Å². The molecule has 134 valence electrons. The van der Waals surface area contributed by atoms with Crippen molar-refractivity contribution >= 4 is 22.5 Å². The van der Waals surface area contributed by atoms with Crippen LogP contribution in [0.5, 0.6) is 11.5 Å². The molecule has 3 aromatic rings. The Morgan fingerprint density at radius 1 is 1.19 bits per heavy atom. The topological polar surface area (TPSA) is 60.5 Å². The molecular weight excluding hydrogens is 335 g/mol. The van der Waals surface area contributed by atoms with Crippen LogP contribution in [0.15, 0.2) is 42.5 Å².